The fraction of sp³-hybridized carbons (Fsp3) is 0.694. The topological polar surface area (TPSA) is 108 Å². The Morgan fingerprint density at radius 1 is 0.507 bits per heavy atom. The van der Waals surface area contributed by atoms with E-state index in [1.54, 1.807) is 6.08 Å². The number of rotatable bonds is 51. The summed E-state index contributed by atoms with van der Waals surface area (Å²) in [6.07, 6.45) is 76.0. The van der Waals surface area contributed by atoms with Gasteiger partial charge < -0.3 is 28.8 Å². The lowest BCUT2D eigenvalue weighted by Gasteiger charge is -2.29. The van der Waals surface area contributed by atoms with Gasteiger partial charge in [0.15, 0.2) is 0 Å². The third kappa shape index (κ3) is 54.8. The van der Waals surface area contributed by atoms with E-state index in [0.717, 1.165) is 89.9 Å². The number of carbonyl (C=O) groups is 1. The number of allylic oxidation sites excluding steroid dienone is 17. The van der Waals surface area contributed by atoms with Gasteiger partial charge in [0.25, 0.3) is 7.82 Å². The highest BCUT2D eigenvalue weighted by Crippen LogP contribution is 2.38. The van der Waals surface area contributed by atoms with Crippen LogP contribution in [-0.4, -0.2) is 68.5 Å². The number of likely N-dealkylation sites (N-methyl/N-ethyl adjacent to an activating group) is 1. The van der Waals surface area contributed by atoms with Crippen LogP contribution >= 0.6 is 7.82 Å². The summed E-state index contributed by atoms with van der Waals surface area (Å²) in [6.45, 7) is 4.51. The number of hydrogen-bond donors (Lipinski definition) is 2. The van der Waals surface area contributed by atoms with Crippen LogP contribution in [0.15, 0.2) is 109 Å². The average molecular weight is 1010 g/mol. The van der Waals surface area contributed by atoms with Crippen molar-refractivity contribution in [3.63, 3.8) is 0 Å². The van der Waals surface area contributed by atoms with Crippen molar-refractivity contribution < 1.29 is 32.9 Å². The van der Waals surface area contributed by atoms with Gasteiger partial charge in [0.05, 0.1) is 39.9 Å². The molecule has 71 heavy (non-hydrogen) atoms. The minimum Gasteiger partial charge on any atom is -0.756 e. The number of aliphatic hydroxyl groups is 1. The van der Waals surface area contributed by atoms with Gasteiger partial charge in [-0.2, -0.15) is 0 Å². The second-order valence-electron chi connectivity index (χ2n) is 20.3. The standard InChI is InChI=1S/C62H109N2O6P/c1-6-8-10-12-14-16-18-20-21-22-23-24-25-26-27-28-29-30-31-32-33-34-35-36-37-38-39-40-41-42-43-44-46-48-50-52-54-56-62(66)63-60(59-70-71(67,68)69-58-57-64(3,4)5)61(65)55-53-51-49-47-45-19-17-15-13-11-9-7-2/h8,10,14,16,20-21,23-24,26-27,29-30,32-33,35-36,53,55,60-61,65H,6-7,9,11-13,15,17-19,22,25,28,31,34,37-52,54,56-59H2,1-5H3,(H-,63,66,67,68)/b10-8-,16-14-,21-20-,24-23-,27-26-,30-29-,33-32-,36-35-,55-53+. The first kappa shape index (κ1) is 68.2. The van der Waals surface area contributed by atoms with E-state index in [0.29, 0.717) is 17.4 Å². The lowest BCUT2D eigenvalue weighted by atomic mass is 10.0. The molecular formula is C62H109N2O6P. The Hall–Kier alpha value is -2.84. The molecule has 3 atom stereocenters. The van der Waals surface area contributed by atoms with Crippen molar-refractivity contribution in [2.45, 2.75) is 238 Å². The maximum atomic E-state index is 12.9. The van der Waals surface area contributed by atoms with E-state index in [1.807, 2.05) is 27.2 Å². The molecule has 0 aromatic carbocycles. The fourth-order valence-corrected chi connectivity index (χ4v) is 8.48. The van der Waals surface area contributed by atoms with Gasteiger partial charge in [0.2, 0.25) is 5.91 Å². The van der Waals surface area contributed by atoms with Crippen LogP contribution in [0, 0.1) is 0 Å². The number of nitrogens with zero attached hydrogens (tertiary/aromatic N) is 1. The summed E-state index contributed by atoms with van der Waals surface area (Å²) >= 11 is 0. The number of phosphoric acid groups is 1. The van der Waals surface area contributed by atoms with Crippen LogP contribution in [0.5, 0.6) is 0 Å². The van der Waals surface area contributed by atoms with Crippen LogP contribution in [0.3, 0.4) is 0 Å². The summed E-state index contributed by atoms with van der Waals surface area (Å²) in [5.41, 5.74) is 0. The first-order chi connectivity index (χ1) is 34.5. The van der Waals surface area contributed by atoms with E-state index in [1.165, 1.54) is 116 Å². The number of unbranched alkanes of at least 4 members (excludes halogenated alkanes) is 22. The summed E-state index contributed by atoms with van der Waals surface area (Å²) in [5, 5.41) is 13.8. The maximum absolute atomic E-state index is 12.9. The quantitative estimate of drug-likeness (QED) is 0.0272. The van der Waals surface area contributed by atoms with Gasteiger partial charge in [0, 0.05) is 6.42 Å². The predicted molar refractivity (Wildman–Crippen MR) is 306 cm³/mol. The Labute approximate surface area is 438 Å². The molecule has 3 unspecified atom stereocenters. The molecule has 0 aromatic rings. The Kier molecular flexibility index (Phi) is 50.0. The smallest absolute Gasteiger partial charge is 0.268 e. The molecule has 0 aromatic heterocycles. The van der Waals surface area contributed by atoms with Crippen LogP contribution in [0.4, 0.5) is 0 Å². The van der Waals surface area contributed by atoms with Crippen molar-refractivity contribution in [2.24, 2.45) is 0 Å². The number of amides is 1. The van der Waals surface area contributed by atoms with Crippen molar-refractivity contribution in [1.29, 1.82) is 0 Å². The molecular weight excluding hydrogens is 900 g/mol. The highest BCUT2D eigenvalue weighted by Gasteiger charge is 2.23. The third-order valence-corrected chi connectivity index (χ3v) is 13.2. The number of quaternary nitrogens is 1. The van der Waals surface area contributed by atoms with Crippen molar-refractivity contribution in [2.75, 3.05) is 40.9 Å². The van der Waals surface area contributed by atoms with Crippen molar-refractivity contribution in [3.05, 3.63) is 109 Å². The zero-order chi connectivity index (χ0) is 52.0. The van der Waals surface area contributed by atoms with Gasteiger partial charge in [-0.05, 0) is 83.5 Å². The minimum atomic E-state index is -4.60. The van der Waals surface area contributed by atoms with E-state index in [4.69, 9.17) is 9.05 Å². The molecule has 408 valence electrons. The van der Waals surface area contributed by atoms with E-state index in [9.17, 15) is 19.4 Å². The average Bonchev–Trinajstić information content (AvgIpc) is 3.33. The van der Waals surface area contributed by atoms with Crippen LogP contribution in [0.25, 0.3) is 0 Å². The SMILES string of the molecule is CC/C=C\C/C=C\C/C=C\C/C=C\C/C=C\C/C=C\C/C=C\C/C=C\CCCCCCCCCCCCCCC(=O)NC(COP(=O)([O-])OCC[N+](C)(C)C)C(O)/C=C/CCCCCCCCCCCC. The Morgan fingerprint density at radius 2 is 0.859 bits per heavy atom. The summed E-state index contributed by atoms with van der Waals surface area (Å²) < 4.78 is 23.3. The number of hydrogen-bond acceptors (Lipinski definition) is 6. The van der Waals surface area contributed by atoms with Gasteiger partial charge in [-0.1, -0.05) is 245 Å². The molecule has 0 aliphatic rings. The van der Waals surface area contributed by atoms with Crippen LogP contribution in [0.2, 0.25) is 0 Å². The van der Waals surface area contributed by atoms with E-state index in [-0.39, 0.29) is 19.1 Å². The van der Waals surface area contributed by atoms with E-state index in [2.05, 4.69) is 116 Å². The summed E-state index contributed by atoms with van der Waals surface area (Å²) in [6, 6.07) is -0.892. The zero-order valence-corrected chi connectivity index (χ0v) is 47.3. The number of phosphoric ester groups is 1. The molecule has 9 heteroatoms. The summed E-state index contributed by atoms with van der Waals surface area (Å²) in [4.78, 5) is 25.4. The molecule has 0 aliphatic carbocycles. The van der Waals surface area contributed by atoms with Gasteiger partial charge >= 0.3 is 0 Å². The molecule has 0 saturated heterocycles. The highest BCUT2D eigenvalue weighted by molar-refractivity contribution is 7.45. The third-order valence-electron chi connectivity index (χ3n) is 12.2. The highest BCUT2D eigenvalue weighted by atomic mass is 31.2. The second-order valence-corrected chi connectivity index (χ2v) is 21.7. The van der Waals surface area contributed by atoms with Gasteiger partial charge in [0.1, 0.15) is 13.2 Å². The Balaban J connectivity index is 4.07. The number of aliphatic hydroxyl groups excluding tert-OH is 1. The molecule has 0 bridgehead atoms. The molecule has 0 aliphatic heterocycles. The van der Waals surface area contributed by atoms with Gasteiger partial charge in [-0.15, -0.1) is 0 Å². The molecule has 8 nitrogen and oxygen atoms in total. The van der Waals surface area contributed by atoms with Crippen LogP contribution in [0.1, 0.15) is 226 Å². The maximum Gasteiger partial charge on any atom is 0.268 e. The van der Waals surface area contributed by atoms with Crippen molar-refractivity contribution in [3.8, 4) is 0 Å². The predicted octanol–water partition coefficient (Wildman–Crippen LogP) is 17.0. The Bertz CT molecular complexity index is 1520. The molecule has 0 spiro atoms. The number of carbonyl (C=O) groups excluding carboxylic acids is 1. The molecule has 0 rings (SSSR count). The zero-order valence-electron chi connectivity index (χ0n) is 46.4. The van der Waals surface area contributed by atoms with Gasteiger partial charge in [-0.25, -0.2) is 0 Å². The molecule has 0 radical (unpaired) electrons. The van der Waals surface area contributed by atoms with Crippen LogP contribution in [-0.2, 0) is 18.4 Å². The molecule has 0 fully saturated rings. The second kappa shape index (κ2) is 52.0. The first-order valence-electron chi connectivity index (χ1n) is 28.7. The largest absolute Gasteiger partial charge is 0.756 e. The Morgan fingerprint density at radius 3 is 1.25 bits per heavy atom. The fourth-order valence-electron chi connectivity index (χ4n) is 7.76. The lowest BCUT2D eigenvalue weighted by molar-refractivity contribution is -0.870. The first-order valence-corrected chi connectivity index (χ1v) is 30.2. The van der Waals surface area contributed by atoms with Gasteiger partial charge in [-0.3, -0.25) is 9.36 Å². The minimum absolute atomic E-state index is 0.00552. The molecule has 2 N–H and O–H groups in total. The molecule has 0 heterocycles. The van der Waals surface area contributed by atoms with E-state index >= 15 is 0 Å². The van der Waals surface area contributed by atoms with Crippen molar-refractivity contribution in [1.82, 2.24) is 5.32 Å². The van der Waals surface area contributed by atoms with E-state index < -0.39 is 20.0 Å². The molecule has 0 saturated carbocycles. The normalized spacial score (nSPS) is 14.7. The summed E-state index contributed by atoms with van der Waals surface area (Å²) in [5.74, 6) is -0.205. The van der Waals surface area contributed by atoms with Crippen LogP contribution < -0.4 is 10.2 Å². The lowest BCUT2D eigenvalue weighted by Crippen LogP contribution is -2.45. The van der Waals surface area contributed by atoms with Crippen molar-refractivity contribution >= 4 is 13.7 Å². The molecule has 1 amide bonds. The number of nitrogens with one attached hydrogen (secondary N) is 1. The summed E-state index contributed by atoms with van der Waals surface area (Å²) in [7, 11) is 1.25. The monoisotopic (exact) mass is 1010 g/mol.